The van der Waals surface area contributed by atoms with Crippen molar-refractivity contribution in [2.24, 2.45) is 7.05 Å². The van der Waals surface area contributed by atoms with Crippen molar-refractivity contribution in [3.63, 3.8) is 0 Å². The SMILES string of the molecule is Cc1nn(C)c2nc(-c3ccccc3)cc(C(=O)N3CCCC[C@H]3c3ncn[nH]3)c12. The van der Waals surface area contributed by atoms with Crippen molar-refractivity contribution in [2.75, 3.05) is 6.54 Å². The molecule has 4 heterocycles. The number of carbonyl (C=O) groups excluding carboxylic acids is 1. The quantitative estimate of drug-likeness (QED) is 0.568. The summed E-state index contributed by atoms with van der Waals surface area (Å²) in [7, 11) is 1.86. The highest BCUT2D eigenvalue weighted by molar-refractivity contribution is 6.07. The number of piperidine rings is 1. The lowest BCUT2D eigenvalue weighted by Gasteiger charge is -2.34. The molecule has 0 aliphatic carbocycles. The van der Waals surface area contributed by atoms with Crippen molar-refractivity contribution in [1.29, 1.82) is 0 Å². The lowest BCUT2D eigenvalue weighted by atomic mass is 9.98. The van der Waals surface area contributed by atoms with Gasteiger partial charge in [-0.1, -0.05) is 30.3 Å². The van der Waals surface area contributed by atoms with Gasteiger partial charge in [-0.3, -0.25) is 14.6 Å². The van der Waals surface area contributed by atoms with E-state index in [0.29, 0.717) is 17.8 Å². The Morgan fingerprint density at radius 2 is 2.03 bits per heavy atom. The van der Waals surface area contributed by atoms with E-state index in [1.54, 1.807) is 4.68 Å². The minimum absolute atomic E-state index is 0.0169. The van der Waals surface area contributed by atoms with Gasteiger partial charge in [-0.15, -0.1) is 0 Å². The van der Waals surface area contributed by atoms with E-state index in [-0.39, 0.29) is 11.9 Å². The number of aryl methyl sites for hydroxylation is 2. The summed E-state index contributed by atoms with van der Waals surface area (Å²) in [6.45, 7) is 2.61. The minimum atomic E-state index is -0.103. The summed E-state index contributed by atoms with van der Waals surface area (Å²) in [5, 5.41) is 12.3. The van der Waals surface area contributed by atoms with E-state index >= 15 is 0 Å². The van der Waals surface area contributed by atoms with Crippen LogP contribution >= 0.6 is 0 Å². The summed E-state index contributed by atoms with van der Waals surface area (Å²) in [5.74, 6) is 0.719. The van der Waals surface area contributed by atoms with Gasteiger partial charge in [-0.05, 0) is 32.3 Å². The molecule has 152 valence electrons. The number of nitrogens with zero attached hydrogens (tertiary/aromatic N) is 6. The largest absolute Gasteiger partial charge is 0.328 e. The number of carbonyl (C=O) groups is 1. The average molecular weight is 401 g/mol. The molecule has 1 amide bonds. The summed E-state index contributed by atoms with van der Waals surface area (Å²) >= 11 is 0. The Morgan fingerprint density at radius 1 is 1.20 bits per heavy atom. The number of aromatic nitrogens is 6. The normalized spacial score (nSPS) is 16.9. The van der Waals surface area contributed by atoms with Crippen molar-refractivity contribution in [1.82, 2.24) is 34.8 Å². The summed E-state index contributed by atoms with van der Waals surface area (Å²) in [5.41, 5.74) is 3.89. The number of aromatic amines is 1. The molecule has 8 nitrogen and oxygen atoms in total. The lowest BCUT2D eigenvalue weighted by Crippen LogP contribution is -2.39. The number of fused-ring (bicyclic) bond motifs is 1. The van der Waals surface area contributed by atoms with Gasteiger partial charge < -0.3 is 4.90 Å². The van der Waals surface area contributed by atoms with Crippen LogP contribution in [0, 0.1) is 6.92 Å². The number of benzene rings is 1. The summed E-state index contributed by atoms with van der Waals surface area (Å²) in [4.78, 5) is 24.9. The van der Waals surface area contributed by atoms with Gasteiger partial charge in [0, 0.05) is 19.2 Å². The van der Waals surface area contributed by atoms with Crippen LogP contribution < -0.4 is 0 Å². The topological polar surface area (TPSA) is 92.6 Å². The molecule has 8 heteroatoms. The maximum Gasteiger partial charge on any atom is 0.255 e. The van der Waals surface area contributed by atoms with Crippen molar-refractivity contribution >= 4 is 16.9 Å². The predicted octanol–water partition coefficient (Wildman–Crippen LogP) is 3.43. The molecular formula is C22H23N7O. The van der Waals surface area contributed by atoms with Gasteiger partial charge in [0.2, 0.25) is 0 Å². The first-order valence-electron chi connectivity index (χ1n) is 10.2. The molecule has 0 radical (unpaired) electrons. The van der Waals surface area contributed by atoms with Crippen molar-refractivity contribution in [3.05, 3.63) is 59.8 Å². The van der Waals surface area contributed by atoms with Gasteiger partial charge in [0.1, 0.15) is 12.2 Å². The molecule has 1 atom stereocenters. The molecule has 1 saturated heterocycles. The Hall–Kier alpha value is -3.55. The van der Waals surface area contributed by atoms with Crippen LogP contribution in [-0.4, -0.2) is 47.3 Å². The van der Waals surface area contributed by atoms with Crippen LogP contribution in [0.5, 0.6) is 0 Å². The molecule has 1 aromatic carbocycles. The standard InChI is InChI=1S/C22H23N7O/c1-14-19-16(22(30)29-11-7-6-10-18(29)20-23-13-24-26-20)12-17(15-8-4-3-5-9-15)25-21(19)28(2)27-14/h3-5,8-9,12-13,18H,6-7,10-11H2,1-2H3,(H,23,24,26)/t18-/m0/s1. The molecule has 3 aromatic heterocycles. The molecule has 5 rings (SSSR count). The van der Waals surface area contributed by atoms with E-state index in [9.17, 15) is 4.79 Å². The highest BCUT2D eigenvalue weighted by atomic mass is 16.2. The predicted molar refractivity (Wildman–Crippen MR) is 113 cm³/mol. The van der Waals surface area contributed by atoms with E-state index in [0.717, 1.165) is 47.4 Å². The Labute approximate surface area is 174 Å². The maximum atomic E-state index is 13.9. The number of hydrogen-bond acceptors (Lipinski definition) is 5. The van der Waals surface area contributed by atoms with E-state index < -0.39 is 0 Å². The molecule has 1 fully saturated rings. The minimum Gasteiger partial charge on any atom is -0.328 e. The first kappa shape index (κ1) is 18.5. The number of H-pyrrole nitrogens is 1. The zero-order chi connectivity index (χ0) is 20.7. The molecule has 0 bridgehead atoms. The second-order valence-electron chi connectivity index (χ2n) is 7.71. The Kier molecular flexibility index (Phi) is 4.54. The first-order chi connectivity index (χ1) is 14.6. The first-order valence-corrected chi connectivity index (χ1v) is 10.2. The fourth-order valence-electron chi connectivity index (χ4n) is 4.36. The van der Waals surface area contributed by atoms with Gasteiger partial charge >= 0.3 is 0 Å². The molecular weight excluding hydrogens is 378 g/mol. The maximum absolute atomic E-state index is 13.9. The number of amides is 1. The van der Waals surface area contributed by atoms with Gasteiger partial charge in [-0.25, -0.2) is 9.97 Å². The van der Waals surface area contributed by atoms with Crippen LogP contribution in [0.15, 0.2) is 42.7 Å². The van der Waals surface area contributed by atoms with E-state index in [1.807, 2.05) is 55.3 Å². The Bertz CT molecular complexity index is 1200. The number of hydrogen-bond donors (Lipinski definition) is 1. The number of pyridine rings is 1. The second-order valence-corrected chi connectivity index (χ2v) is 7.71. The molecule has 1 aliphatic heterocycles. The fourth-order valence-corrected chi connectivity index (χ4v) is 4.36. The third-order valence-corrected chi connectivity index (χ3v) is 5.78. The van der Waals surface area contributed by atoms with Crippen LogP contribution in [0.1, 0.15) is 47.2 Å². The molecule has 30 heavy (non-hydrogen) atoms. The molecule has 1 aliphatic rings. The highest BCUT2D eigenvalue weighted by Crippen LogP contribution is 2.33. The number of nitrogens with one attached hydrogen (secondary N) is 1. The van der Waals surface area contributed by atoms with Crippen LogP contribution in [-0.2, 0) is 7.05 Å². The number of rotatable bonds is 3. The van der Waals surface area contributed by atoms with Crippen molar-refractivity contribution in [3.8, 4) is 11.3 Å². The molecule has 0 unspecified atom stereocenters. The number of likely N-dealkylation sites (tertiary alicyclic amines) is 1. The lowest BCUT2D eigenvalue weighted by molar-refractivity contribution is 0.0602. The summed E-state index contributed by atoms with van der Waals surface area (Å²) < 4.78 is 1.75. The van der Waals surface area contributed by atoms with Gasteiger partial charge in [-0.2, -0.15) is 10.2 Å². The zero-order valence-corrected chi connectivity index (χ0v) is 17.0. The van der Waals surface area contributed by atoms with Gasteiger partial charge in [0.25, 0.3) is 5.91 Å². The van der Waals surface area contributed by atoms with Crippen LogP contribution in [0.2, 0.25) is 0 Å². The molecule has 0 saturated carbocycles. The Morgan fingerprint density at radius 3 is 2.80 bits per heavy atom. The third kappa shape index (κ3) is 3.04. The van der Waals surface area contributed by atoms with Crippen molar-refractivity contribution < 1.29 is 4.79 Å². The fraction of sp³-hybridized carbons (Fsp3) is 0.318. The van der Waals surface area contributed by atoms with Crippen LogP contribution in [0.25, 0.3) is 22.3 Å². The third-order valence-electron chi connectivity index (χ3n) is 5.78. The summed E-state index contributed by atoms with van der Waals surface area (Å²) in [6.07, 6.45) is 4.40. The molecule has 4 aromatic rings. The average Bonchev–Trinajstić information content (AvgIpc) is 3.42. The van der Waals surface area contributed by atoms with Crippen LogP contribution in [0.4, 0.5) is 0 Å². The van der Waals surface area contributed by atoms with E-state index in [1.165, 1.54) is 6.33 Å². The zero-order valence-electron chi connectivity index (χ0n) is 17.0. The molecule has 0 spiro atoms. The second kappa shape index (κ2) is 7.37. The van der Waals surface area contributed by atoms with Crippen molar-refractivity contribution in [2.45, 2.75) is 32.2 Å². The van der Waals surface area contributed by atoms with Gasteiger partial charge in [0.15, 0.2) is 5.65 Å². The monoisotopic (exact) mass is 401 g/mol. The Balaban J connectivity index is 1.66. The summed E-state index contributed by atoms with van der Waals surface area (Å²) in [6, 6.07) is 11.7. The smallest absolute Gasteiger partial charge is 0.255 e. The van der Waals surface area contributed by atoms with Crippen LogP contribution in [0.3, 0.4) is 0 Å². The highest BCUT2D eigenvalue weighted by Gasteiger charge is 2.32. The van der Waals surface area contributed by atoms with E-state index in [4.69, 9.17) is 4.98 Å². The van der Waals surface area contributed by atoms with Gasteiger partial charge in [0.05, 0.1) is 28.4 Å². The molecule has 1 N–H and O–H groups in total. The van der Waals surface area contributed by atoms with E-state index in [2.05, 4.69) is 20.3 Å².